The van der Waals surface area contributed by atoms with E-state index in [1.807, 2.05) is 7.05 Å². The van der Waals surface area contributed by atoms with Gasteiger partial charge in [-0.2, -0.15) is 0 Å². The van der Waals surface area contributed by atoms with E-state index in [1.54, 1.807) is 11.3 Å². The molecule has 1 aliphatic carbocycles. The molecule has 0 spiro atoms. The topological polar surface area (TPSA) is 39.7 Å². The standard InChI is InChI=1S/C15H24N4S/c1-11-9-19(12-5-6-12)10-14(11)18-15(16-2)17-8-13-4-3-7-20-13/h3-4,7,11-12,14H,5-6,8-10H2,1-2H3,(H2,16,17,18). The molecular formula is C15H24N4S. The van der Waals surface area contributed by atoms with Crippen LogP contribution >= 0.6 is 11.3 Å². The molecule has 1 aromatic rings. The summed E-state index contributed by atoms with van der Waals surface area (Å²) in [6, 6.07) is 5.62. The largest absolute Gasteiger partial charge is 0.352 e. The van der Waals surface area contributed by atoms with Gasteiger partial charge in [0.1, 0.15) is 0 Å². The van der Waals surface area contributed by atoms with Gasteiger partial charge in [-0.1, -0.05) is 13.0 Å². The molecule has 2 N–H and O–H groups in total. The summed E-state index contributed by atoms with van der Waals surface area (Å²) in [6.45, 7) is 5.58. The number of hydrogen-bond acceptors (Lipinski definition) is 3. The lowest BCUT2D eigenvalue weighted by atomic mass is 10.1. The molecule has 1 aromatic heterocycles. The zero-order valence-electron chi connectivity index (χ0n) is 12.3. The van der Waals surface area contributed by atoms with Crippen molar-refractivity contribution in [3.8, 4) is 0 Å². The highest BCUT2D eigenvalue weighted by Gasteiger charge is 2.38. The smallest absolute Gasteiger partial charge is 0.191 e. The van der Waals surface area contributed by atoms with Crippen LogP contribution in [0.5, 0.6) is 0 Å². The van der Waals surface area contributed by atoms with Crippen LogP contribution in [0.4, 0.5) is 0 Å². The van der Waals surface area contributed by atoms with Crippen LogP contribution in [0.2, 0.25) is 0 Å². The molecule has 0 aromatic carbocycles. The first-order valence-electron chi connectivity index (χ1n) is 7.50. The van der Waals surface area contributed by atoms with Crippen molar-refractivity contribution in [1.82, 2.24) is 15.5 Å². The normalized spacial score (nSPS) is 27.8. The van der Waals surface area contributed by atoms with Gasteiger partial charge in [0.05, 0.1) is 6.54 Å². The average molecular weight is 292 g/mol. The van der Waals surface area contributed by atoms with Crippen LogP contribution in [-0.4, -0.2) is 43.1 Å². The van der Waals surface area contributed by atoms with E-state index in [2.05, 4.69) is 45.0 Å². The lowest BCUT2D eigenvalue weighted by Gasteiger charge is -2.20. The number of aliphatic imine (C=N–C) groups is 1. The first-order chi connectivity index (χ1) is 9.76. The summed E-state index contributed by atoms with van der Waals surface area (Å²) in [5.74, 6) is 1.61. The van der Waals surface area contributed by atoms with Gasteiger partial charge >= 0.3 is 0 Å². The molecule has 1 saturated carbocycles. The fourth-order valence-corrected chi connectivity index (χ4v) is 3.53. The zero-order chi connectivity index (χ0) is 13.9. The van der Waals surface area contributed by atoms with Crippen molar-refractivity contribution in [1.29, 1.82) is 0 Å². The van der Waals surface area contributed by atoms with Crippen molar-refractivity contribution in [3.05, 3.63) is 22.4 Å². The fraction of sp³-hybridized carbons (Fsp3) is 0.667. The summed E-state index contributed by atoms with van der Waals surface area (Å²) in [7, 11) is 1.85. The molecule has 2 fully saturated rings. The van der Waals surface area contributed by atoms with E-state index in [1.165, 1.54) is 24.3 Å². The monoisotopic (exact) mass is 292 g/mol. The van der Waals surface area contributed by atoms with Gasteiger partial charge in [0.25, 0.3) is 0 Å². The highest BCUT2D eigenvalue weighted by Crippen LogP contribution is 2.31. The predicted octanol–water partition coefficient (Wildman–Crippen LogP) is 1.90. The van der Waals surface area contributed by atoms with Crippen molar-refractivity contribution >= 4 is 17.3 Å². The lowest BCUT2D eigenvalue weighted by molar-refractivity contribution is 0.315. The molecule has 2 atom stereocenters. The number of guanidine groups is 1. The molecule has 2 unspecified atom stereocenters. The average Bonchev–Trinajstić information content (AvgIpc) is 3.05. The molecule has 1 aliphatic heterocycles. The molecule has 0 bridgehead atoms. The highest BCUT2D eigenvalue weighted by molar-refractivity contribution is 7.09. The van der Waals surface area contributed by atoms with E-state index in [-0.39, 0.29) is 0 Å². The fourth-order valence-electron chi connectivity index (χ4n) is 2.88. The summed E-state index contributed by atoms with van der Waals surface area (Å²) in [6.07, 6.45) is 2.79. The molecule has 2 heterocycles. The number of nitrogens with one attached hydrogen (secondary N) is 2. The lowest BCUT2D eigenvalue weighted by Crippen LogP contribution is -2.46. The molecular weight excluding hydrogens is 268 g/mol. The maximum absolute atomic E-state index is 4.35. The van der Waals surface area contributed by atoms with Crippen molar-refractivity contribution in [3.63, 3.8) is 0 Å². The van der Waals surface area contributed by atoms with E-state index in [0.29, 0.717) is 12.0 Å². The maximum atomic E-state index is 4.35. The second-order valence-corrected chi connectivity index (χ2v) is 6.95. The number of hydrogen-bond donors (Lipinski definition) is 2. The Morgan fingerprint density at radius 2 is 2.30 bits per heavy atom. The minimum Gasteiger partial charge on any atom is -0.352 e. The Labute approximate surface area is 125 Å². The Morgan fingerprint density at radius 1 is 1.45 bits per heavy atom. The van der Waals surface area contributed by atoms with E-state index < -0.39 is 0 Å². The number of thiophene rings is 1. The molecule has 5 heteroatoms. The number of rotatable bonds is 4. The third-order valence-corrected chi connectivity index (χ3v) is 5.14. The van der Waals surface area contributed by atoms with Crippen LogP contribution in [0.3, 0.4) is 0 Å². The van der Waals surface area contributed by atoms with E-state index >= 15 is 0 Å². The third-order valence-electron chi connectivity index (χ3n) is 4.26. The Morgan fingerprint density at radius 3 is 2.95 bits per heavy atom. The van der Waals surface area contributed by atoms with Gasteiger partial charge in [0, 0.05) is 37.1 Å². The van der Waals surface area contributed by atoms with Gasteiger partial charge in [-0.3, -0.25) is 9.89 Å². The van der Waals surface area contributed by atoms with Crippen molar-refractivity contribution in [2.45, 2.75) is 38.4 Å². The number of nitrogens with zero attached hydrogens (tertiary/aromatic N) is 2. The predicted molar refractivity (Wildman–Crippen MR) is 85.2 cm³/mol. The highest BCUT2D eigenvalue weighted by atomic mass is 32.1. The Bertz CT molecular complexity index is 452. The Kier molecular flexibility index (Phi) is 4.27. The van der Waals surface area contributed by atoms with E-state index in [4.69, 9.17) is 0 Å². The third kappa shape index (κ3) is 3.33. The van der Waals surface area contributed by atoms with Gasteiger partial charge in [0.15, 0.2) is 5.96 Å². The van der Waals surface area contributed by atoms with Gasteiger partial charge in [-0.25, -0.2) is 0 Å². The van der Waals surface area contributed by atoms with Crippen LogP contribution in [0, 0.1) is 5.92 Å². The maximum Gasteiger partial charge on any atom is 0.191 e. The molecule has 0 amide bonds. The minimum atomic E-state index is 0.519. The SMILES string of the molecule is CN=C(NCc1cccs1)NC1CN(C2CC2)CC1C. The first-order valence-corrected chi connectivity index (χ1v) is 8.38. The Balaban J connectivity index is 1.50. The first kappa shape index (κ1) is 13.9. The van der Waals surface area contributed by atoms with Gasteiger partial charge < -0.3 is 10.6 Å². The minimum absolute atomic E-state index is 0.519. The number of likely N-dealkylation sites (tertiary alicyclic amines) is 1. The van der Waals surface area contributed by atoms with Crippen LogP contribution in [0.25, 0.3) is 0 Å². The van der Waals surface area contributed by atoms with Crippen LogP contribution < -0.4 is 10.6 Å². The second kappa shape index (κ2) is 6.14. The van der Waals surface area contributed by atoms with Crippen LogP contribution in [0.15, 0.2) is 22.5 Å². The van der Waals surface area contributed by atoms with Gasteiger partial charge in [0.2, 0.25) is 0 Å². The molecule has 3 rings (SSSR count). The van der Waals surface area contributed by atoms with Crippen LogP contribution in [0.1, 0.15) is 24.6 Å². The van der Waals surface area contributed by atoms with E-state index in [0.717, 1.165) is 25.1 Å². The van der Waals surface area contributed by atoms with Crippen molar-refractivity contribution < 1.29 is 0 Å². The molecule has 2 aliphatic rings. The second-order valence-electron chi connectivity index (χ2n) is 5.92. The quantitative estimate of drug-likeness (QED) is 0.658. The molecule has 4 nitrogen and oxygen atoms in total. The van der Waals surface area contributed by atoms with Crippen LogP contribution in [-0.2, 0) is 6.54 Å². The summed E-state index contributed by atoms with van der Waals surface area (Å²) in [4.78, 5) is 8.33. The van der Waals surface area contributed by atoms with E-state index in [9.17, 15) is 0 Å². The summed E-state index contributed by atoms with van der Waals surface area (Å²) >= 11 is 1.78. The molecule has 110 valence electrons. The molecule has 1 saturated heterocycles. The molecule has 20 heavy (non-hydrogen) atoms. The zero-order valence-corrected chi connectivity index (χ0v) is 13.1. The van der Waals surface area contributed by atoms with Crippen molar-refractivity contribution in [2.75, 3.05) is 20.1 Å². The molecule has 0 radical (unpaired) electrons. The van der Waals surface area contributed by atoms with Crippen molar-refractivity contribution in [2.24, 2.45) is 10.9 Å². The van der Waals surface area contributed by atoms with Gasteiger partial charge in [-0.05, 0) is 30.2 Å². The van der Waals surface area contributed by atoms with Gasteiger partial charge in [-0.15, -0.1) is 11.3 Å². The summed E-state index contributed by atoms with van der Waals surface area (Å²) < 4.78 is 0. The summed E-state index contributed by atoms with van der Waals surface area (Å²) in [5, 5.41) is 9.11. The summed E-state index contributed by atoms with van der Waals surface area (Å²) in [5.41, 5.74) is 0. The Hall–Kier alpha value is -1.07.